The molecule has 5 N–H and O–H groups in total. The molecule has 2 aromatic rings. The highest BCUT2D eigenvalue weighted by Crippen LogP contribution is 2.56. The maximum Gasteiger partial charge on any atom is 0.476 e. The van der Waals surface area contributed by atoms with Crippen molar-refractivity contribution in [3.8, 4) is 0 Å². The maximum atomic E-state index is 11.5. The van der Waals surface area contributed by atoms with E-state index in [2.05, 4.69) is 49.7 Å². The van der Waals surface area contributed by atoms with Gasteiger partial charge in [0, 0.05) is 6.50 Å². The normalized spacial score (nSPS) is 16.9. The van der Waals surface area contributed by atoms with Crippen LogP contribution < -0.4 is 5.73 Å². The van der Waals surface area contributed by atoms with E-state index in [0.29, 0.717) is 4.57 Å². The zero-order valence-electron chi connectivity index (χ0n) is 20.2. The van der Waals surface area contributed by atoms with E-state index in [-0.39, 0.29) is 17.0 Å². The highest BCUT2D eigenvalue weighted by atomic mass is 31.3. The van der Waals surface area contributed by atoms with Gasteiger partial charge in [0.25, 0.3) is 0 Å². The second-order valence-corrected chi connectivity index (χ2v) is 8.53. The molecule has 1 atom stereocenters. The van der Waals surface area contributed by atoms with Gasteiger partial charge in [-0.3, -0.25) is 4.57 Å². The number of nitrogens with two attached hydrogens (primary N) is 1. The van der Waals surface area contributed by atoms with Crippen molar-refractivity contribution < 1.29 is 38.3 Å². The molecule has 0 amide bonds. The lowest BCUT2D eigenvalue weighted by Gasteiger charge is -2.13. The van der Waals surface area contributed by atoms with Crippen LogP contribution >= 0.6 is 15.4 Å². The number of hydrogen-bond donors (Lipinski definition) is 4. The first-order valence-corrected chi connectivity index (χ1v) is 11.7. The summed E-state index contributed by atoms with van der Waals surface area (Å²) in [5, 5.41) is 0. The predicted octanol–water partition coefficient (Wildman–Crippen LogP) is 1.03. The van der Waals surface area contributed by atoms with Gasteiger partial charge in [-0.2, -0.15) is 0 Å². The van der Waals surface area contributed by atoms with Crippen LogP contribution in [0.15, 0.2) is 12.7 Å². The molecule has 0 bridgehead atoms. The number of nitrogen functional groups attached to an aromatic ring is 1. The topological polar surface area (TPSA) is 186 Å². The Morgan fingerprint density at radius 3 is 2.31 bits per heavy atom. The first kappa shape index (κ1) is 19.5. The lowest BCUT2D eigenvalue weighted by atomic mass is 10.5. The molecule has 1 unspecified atom stereocenters. The molecule has 15 heteroatoms. The van der Waals surface area contributed by atoms with Crippen LogP contribution in [0.4, 0.5) is 5.82 Å². The smallest absolute Gasteiger partial charge is 0.382 e. The minimum Gasteiger partial charge on any atom is -0.382 e. The first-order chi connectivity index (χ1) is 15.0. The Morgan fingerprint density at radius 1 is 1.17 bits per heavy atom. The number of phosphoric acid groups is 1. The molecule has 0 radical (unpaired) electrons. The second kappa shape index (κ2) is 11.7. The van der Waals surface area contributed by atoms with Gasteiger partial charge in [0.05, 0.1) is 18.4 Å². The van der Waals surface area contributed by atoms with Gasteiger partial charge in [0.2, 0.25) is 0 Å². The van der Waals surface area contributed by atoms with Gasteiger partial charge in [-0.15, -0.1) is 0 Å². The number of ether oxygens (including phenoxy) is 1. The summed E-state index contributed by atoms with van der Waals surface area (Å²) >= 11 is 0. The van der Waals surface area contributed by atoms with E-state index < -0.39 is 34.8 Å². The van der Waals surface area contributed by atoms with Crippen molar-refractivity contribution >= 4 is 32.4 Å². The van der Waals surface area contributed by atoms with Crippen molar-refractivity contribution in [3.63, 3.8) is 0 Å². The van der Waals surface area contributed by atoms with Gasteiger partial charge in [-0.1, -0.05) is 20.8 Å². The minimum atomic E-state index is -5.35. The first-order valence-electron chi connectivity index (χ1n) is 10.4. The summed E-state index contributed by atoms with van der Waals surface area (Å²) < 4.78 is 62.2. The summed E-state index contributed by atoms with van der Waals surface area (Å²) in [5.74, 6) is -0.0825. The molecule has 0 aliphatic rings. The van der Waals surface area contributed by atoms with Crippen LogP contribution in [-0.4, -0.2) is 71.6 Å². The number of anilines is 1. The number of rotatable bonds is 10. The van der Waals surface area contributed by atoms with Crippen LogP contribution in [0.25, 0.3) is 11.2 Å². The standard InChI is InChI=1S/C8H13N5O7P2.C6H15N/c9-7-6-8(11-3-10-7)13(4-12-6)1-2-19-5-21(14,15)20-22(16,17)18;1-4-7(5-2)6-3/h3-4H,1-2,5H2,(H,14,15)(H2,9,10,11)(H2,16,17,18);4-6H2,1-3H3/i1D2,2D2;. The second-order valence-electron chi connectivity index (χ2n) is 5.36. The molecule has 2 aromatic heterocycles. The summed E-state index contributed by atoms with van der Waals surface area (Å²) in [6.45, 7) is 3.83. The fourth-order valence-corrected chi connectivity index (χ4v) is 3.74. The zero-order chi connectivity index (χ0) is 25.7. The van der Waals surface area contributed by atoms with Crippen molar-refractivity contribution in [1.29, 1.82) is 0 Å². The molecule has 13 nitrogen and oxygen atoms in total. The van der Waals surface area contributed by atoms with Gasteiger partial charge in [-0.05, 0) is 19.6 Å². The molecule has 0 aromatic carbocycles. The van der Waals surface area contributed by atoms with E-state index in [1.807, 2.05) is 0 Å². The number of aryl methyl sites for hydroxylation is 1. The Hall–Kier alpha value is -1.43. The van der Waals surface area contributed by atoms with E-state index in [4.69, 9.17) is 21.0 Å². The molecule has 0 saturated heterocycles. The third-order valence-electron chi connectivity index (χ3n) is 3.40. The van der Waals surface area contributed by atoms with Crippen LogP contribution in [0.1, 0.15) is 26.3 Å². The Bertz CT molecular complexity index is 1010. The van der Waals surface area contributed by atoms with Gasteiger partial charge >= 0.3 is 15.4 Å². The van der Waals surface area contributed by atoms with Gasteiger partial charge in [0.15, 0.2) is 11.5 Å². The zero-order valence-corrected chi connectivity index (χ0v) is 18.0. The largest absolute Gasteiger partial charge is 0.476 e. The fraction of sp³-hybridized carbons (Fsp3) is 0.643. The van der Waals surface area contributed by atoms with Crippen molar-refractivity contribution in [3.05, 3.63) is 12.7 Å². The van der Waals surface area contributed by atoms with E-state index >= 15 is 0 Å². The van der Waals surface area contributed by atoms with Crippen LogP contribution in [0.3, 0.4) is 0 Å². The molecule has 0 spiro atoms. The molecule has 0 fully saturated rings. The highest BCUT2D eigenvalue weighted by Gasteiger charge is 2.30. The molecule has 2 rings (SSSR count). The van der Waals surface area contributed by atoms with E-state index in [1.54, 1.807) is 0 Å². The molecule has 0 aliphatic carbocycles. The minimum absolute atomic E-state index is 0.00941. The number of imidazole rings is 1. The van der Waals surface area contributed by atoms with Crippen LogP contribution in [0.2, 0.25) is 0 Å². The molecule has 0 saturated carbocycles. The highest BCUT2D eigenvalue weighted by molar-refractivity contribution is 7.63. The monoisotopic (exact) mass is 458 g/mol. The SMILES string of the molecule is CCN(CC)CC.[2H]C([2H])(OCP(=O)(O)OP(=O)(O)O)C([2H])([2H])n1cnc2c(N)ncnc21. The number of aromatic nitrogens is 4. The lowest BCUT2D eigenvalue weighted by molar-refractivity contribution is 0.146. The lowest BCUT2D eigenvalue weighted by Crippen LogP contribution is -2.21. The summed E-state index contributed by atoms with van der Waals surface area (Å²) in [6, 6.07) is 0. The van der Waals surface area contributed by atoms with E-state index in [1.165, 1.54) is 19.6 Å². The third-order valence-corrected chi connectivity index (χ3v) is 5.73. The summed E-state index contributed by atoms with van der Waals surface area (Å²) in [7, 11) is -10.4. The molecular weight excluding hydrogens is 426 g/mol. The van der Waals surface area contributed by atoms with Crippen LogP contribution in [-0.2, 0) is 24.7 Å². The van der Waals surface area contributed by atoms with Crippen molar-refractivity contribution in [2.24, 2.45) is 0 Å². The Kier molecular flexibility index (Phi) is 7.86. The van der Waals surface area contributed by atoms with Gasteiger partial charge in [0.1, 0.15) is 18.2 Å². The molecule has 29 heavy (non-hydrogen) atoms. The maximum absolute atomic E-state index is 11.5. The summed E-state index contributed by atoms with van der Waals surface area (Å²) in [4.78, 5) is 39.9. The molecule has 2 heterocycles. The van der Waals surface area contributed by atoms with Crippen molar-refractivity contribution in [1.82, 2.24) is 24.4 Å². The van der Waals surface area contributed by atoms with Crippen molar-refractivity contribution in [2.45, 2.75) is 27.3 Å². The van der Waals surface area contributed by atoms with Crippen molar-refractivity contribution in [2.75, 3.05) is 38.3 Å². The van der Waals surface area contributed by atoms with Gasteiger partial charge in [-0.25, -0.2) is 23.8 Å². The predicted molar refractivity (Wildman–Crippen MR) is 107 cm³/mol. The fourth-order valence-electron chi connectivity index (χ4n) is 1.99. The molecular formula is C14H28N6O7P2. The number of nitrogens with zero attached hydrogens (tertiary/aromatic N) is 5. The number of hydrogen-bond acceptors (Lipinski definition) is 9. The Labute approximate surface area is 174 Å². The van der Waals surface area contributed by atoms with Crippen LogP contribution in [0, 0.1) is 0 Å². The van der Waals surface area contributed by atoms with Crippen LogP contribution in [0.5, 0.6) is 0 Å². The van der Waals surface area contributed by atoms with E-state index in [0.717, 1.165) is 12.7 Å². The molecule has 0 aliphatic heterocycles. The Balaban J connectivity index is 0.000000675. The molecule has 166 valence electrons. The average Bonchev–Trinajstić information content (AvgIpc) is 3.13. The quantitative estimate of drug-likeness (QED) is 0.371. The summed E-state index contributed by atoms with van der Waals surface area (Å²) in [6.07, 6.45) is 0.341. The third kappa shape index (κ3) is 9.28. The average molecular weight is 458 g/mol. The van der Waals surface area contributed by atoms with E-state index in [9.17, 15) is 14.0 Å². The van der Waals surface area contributed by atoms with Gasteiger partial charge < -0.3 is 34.6 Å². The number of fused-ring (bicyclic) bond motifs is 1. The summed E-state index contributed by atoms with van der Waals surface area (Å²) in [5.41, 5.74) is 5.38. The Morgan fingerprint density at radius 2 is 1.79 bits per heavy atom.